The summed E-state index contributed by atoms with van der Waals surface area (Å²) in [4.78, 5) is 13.6. The molecule has 2 N–H and O–H groups in total. The summed E-state index contributed by atoms with van der Waals surface area (Å²) in [5.41, 5.74) is 9.00. The fourth-order valence-corrected chi connectivity index (χ4v) is 2.25. The van der Waals surface area contributed by atoms with Crippen molar-refractivity contribution < 1.29 is 9.53 Å². The van der Waals surface area contributed by atoms with E-state index in [9.17, 15) is 4.79 Å². The second-order valence-corrected chi connectivity index (χ2v) is 4.18. The number of carbonyl (C=O) groups excluding carboxylic acids is 1. The van der Waals surface area contributed by atoms with Crippen molar-refractivity contribution in [3.63, 3.8) is 0 Å². The summed E-state index contributed by atoms with van der Waals surface area (Å²) in [5, 5.41) is 0. The van der Waals surface area contributed by atoms with Gasteiger partial charge in [-0.15, -0.1) is 12.4 Å². The van der Waals surface area contributed by atoms with Gasteiger partial charge in [-0.25, -0.2) is 0 Å². The van der Waals surface area contributed by atoms with E-state index in [1.807, 2.05) is 30.0 Å². The van der Waals surface area contributed by atoms with Gasteiger partial charge in [-0.05, 0) is 37.5 Å². The maximum absolute atomic E-state index is 11.5. The van der Waals surface area contributed by atoms with E-state index in [0.29, 0.717) is 13.2 Å². The van der Waals surface area contributed by atoms with Crippen LogP contribution >= 0.6 is 12.4 Å². The van der Waals surface area contributed by atoms with Crippen LogP contribution in [0.2, 0.25) is 0 Å². The molecule has 1 aliphatic rings. The maximum atomic E-state index is 11.5. The Hall–Kier alpha value is -1.42. The van der Waals surface area contributed by atoms with E-state index in [1.165, 1.54) is 0 Å². The van der Waals surface area contributed by atoms with Gasteiger partial charge in [0.2, 0.25) is 0 Å². The number of hydrogen-bond acceptors (Lipinski definition) is 4. The Labute approximate surface area is 114 Å². The van der Waals surface area contributed by atoms with E-state index in [1.54, 1.807) is 0 Å². The topological polar surface area (TPSA) is 55.6 Å². The predicted molar refractivity (Wildman–Crippen MR) is 75.3 cm³/mol. The first-order chi connectivity index (χ1) is 8.22. The normalized spacial score (nSPS) is 13.5. The number of anilines is 2. The van der Waals surface area contributed by atoms with Gasteiger partial charge >= 0.3 is 5.97 Å². The molecule has 1 aromatic rings. The Balaban J connectivity index is 0.00000162. The molecule has 0 amide bonds. The fraction of sp³-hybridized carbons (Fsp3) is 0.462. The zero-order chi connectivity index (χ0) is 12.3. The number of benzene rings is 1. The lowest BCUT2D eigenvalue weighted by atomic mass is 10.00. The summed E-state index contributed by atoms with van der Waals surface area (Å²) < 4.78 is 4.98. The molecule has 2 rings (SSSR count). The van der Waals surface area contributed by atoms with Gasteiger partial charge in [0.05, 0.1) is 6.61 Å². The van der Waals surface area contributed by atoms with Crippen LogP contribution in [0.5, 0.6) is 0 Å². The third kappa shape index (κ3) is 3.07. The first kappa shape index (κ1) is 14.6. The molecule has 0 aliphatic carbocycles. The molecule has 5 heteroatoms. The van der Waals surface area contributed by atoms with E-state index >= 15 is 0 Å². The van der Waals surface area contributed by atoms with Crippen molar-refractivity contribution in [1.29, 1.82) is 0 Å². The summed E-state index contributed by atoms with van der Waals surface area (Å²) in [7, 11) is 0. The largest absolute Gasteiger partial charge is 0.465 e. The summed E-state index contributed by atoms with van der Waals surface area (Å²) >= 11 is 0. The fourth-order valence-electron chi connectivity index (χ4n) is 2.25. The van der Waals surface area contributed by atoms with Gasteiger partial charge in [-0.2, -0.15) is 0 Å². The lowest BCUT2D eigenvalue weighted by molar-refractivity contribution is -0.141. The maximum Gasteiger partial charge on any atom is 0.325 e. The summed E-state index contributed by atoms with van der Waals surface area (Å²) in [5.74, 6) is -0.178. The van der Waals surface area contributed by atoms with Crippen molar-refractivity contribution in [3.8, 4) is 0 Å². The van der Waals surface area contributed by atoms with Gasteiger partial charge in [0, 0.05) is 17.9 Å². The molecule has 1 aliphatic heterocycles. The van der Waals surface area contributed by atoms with Crippen LogP contribution in [0.15, 0.2) is 18.2 Å². The Bertz CT molecular complexity index is 423. The van der Waals surface area contributed by atoms with E-state index in [0.717, 1.165) is 36.3 Å². The zero-order valence-corrected chi connectivity index (χ0v) is 11.3. The number of carbonyl (C=O) groups is 1. The molecule has 0 fully saturated rings. The molecule has 1 heterocycles. The van der Waals surface area contributed by atoms with Gasteiger partial charge in [0.25, 0.3) is 0 Å². The second-order valence-electron chi connectivity index (χ2n) is 4.18. The average Bonchev–Trinajstić information content (AvgIpc) is 2.31. The molecule has 0 unspecified atom stereocenters. The SMILES string of the molecule is CCOC(=O)CN1CCCc2c(N)cccc21.Cl. The highest BCUT2D eigenvalue weighted by Gasteiger charge is 2.20. The highest BCUT2D eigenvalue weighted by Crippen LogP contribution is 2.30. The molecule has 0 radical (unpaired) electrons. The minimum atomic E-state index is -0.178. The van der Waals surface area contributed by atoms with Crippen LogP contribution in [0, 0.1) is 0 Å². The Morgan fingerprint density at radius 2 is 2.28 bits per heavy atom. The van der Waals surface area contributed by atoms with E-state index < -0.39 is 0 Å². The summed E-state index contributed by atoms with van der Waals surface area (Å²) in [6.07, 6.45) is 2.02. The van der Waals surface area contributed by atoms with Crippen molar-refractivity contribution in [2.75, 3.05) is 30.3 Å². The summed E-state index contributed by atoms with van der Waals surface area (Å²) in [6, 6.07) is 5.86. The van der Waals surface area contributed by atoms with Crippen molar-refractivity contribution in [3.05, 3.63) is 23.8 Å². The third-order valence-corrected chi connectivity index (χ3v) is 3.01. The van der Waals surface area contributed by atoms with Crippen LogP contribution in [0.4, 0.5) is 11.4 Å². The van der Waals surface area contributed by atoms with Crippen molar-refractivity contribution in [2.45, 2.75) is 19.8 Å². The van der Waals surface area contributed by atoms with E-state index in [2.05, 4.69) is 0 Å². The first-order valence-corrected chi connectivity index (χ1v) is 6.00. The number of fused-ring (bicyclic) bond motifs is 1. The van der Waals surface area contributed by atoms with Crippen LogP contribution in [0.3, 0.4) is 0 Å². The average molecular weight is 271 g/mol. The molecular formula is C13H19ClN2O2. The molecule has 4 nitrogen and oxygen atoms in total. The standard InChI is InChI=1S/C13H18N2O2.ClH/c1-2-17-13(16)9-15-8-4-5-10-11(14)6-3-7-12(10)15;/h3,6-7H,2,4-5,8-9,14H2,1H3;1H. The minimum Gasteiger partial charge on any atom is -0.465 e. The number of rotatable bonds is 3. The molecule has 0 aromatic heterocycles. The highest BCUT2D eigenvalue weighted by atomic mass is 35.5. The molecule has 1 aromatic carbocycles. The van der Waals surface area contributed by atoms with Crippen molar-refractivity contribution in [1.82, 2.24) is 0 Å². The number of nitrogen functional groups attached to an aromatic ring is 1. The number of halogens is 1. The number of esters is 1. The van der Waals surface area contributed by atoms with Crippen LogP contribution in [0.1, 0.15) is 18.9 Å². The molecule has 0 atom stereocenters. The zero-order valence-electron chi connectivity index (χ0n) is 10.5. The lowest BCUT2D eigenvalue weighted by Crippen LogP contribution is -2.35. The molecule has 0 saturated carbocycles. The summed E-state index contributed by atoms with van der Waals surface area (Å²) in [6.45, 7) is 3.44. The van der Waals surface area contributed by atoms with Crippen molar-refractivity contribution in [2.24, 2.45) is 0 Å². The monoisotopic (exact) mass is 270 g/mol. The number of nitrogens with zero attached hydrogens (tertiary/aromatic N) is 1. The van der Waals surface area contributed by atoms with Gasteiger partial charge in [-0.1, -0.05) is 6.07 Å². The third-order valence-electron chi connectivity index (χ3n) is 3.01. The van der Waals surface area contributed by atoms with Crippen LogP contribution < -0.4 is 10.6 Å². The number of hydrogen-bond donors (Lipinski definition) is 1. The first-order valence-electron chi connectivity index (χ1n) is 6.00. The smallest absolute Gasteiger partial charge is 0.325 e. The van der Waals surface area contributed by atoms with Gasteiger partial charge < -0.3 is 15.4 Å². The molecule has 0 bridgehead atoms. The van der Waals surface area contributed by atoms with Crippen LogP contribution in [-0.4, -0.2) is 25.7 Å². The van der Waals surface area contributed by atoms with E-state index in [-0.39, 0.29) is 18.4 Å². The van der Waals surface area contributed by atoms with Gasteiger partial charge in [0.1, 0.15) is 6.54 Å². The molecule has 100 valence electrons. The highest BCUT2D eigenvalue weighted by molar-refractivity contribution is 5.85. The van der Waals surface area contributed by atoms with Gasteiger partial charge in [-0.3, -0.25) is 4.79 Å². The Morgan fingerprint density at radius 3 is 3.00 bits per heavy atom. The minimum absolute atomic E-state index is 0. The van der Waals surface area contributed by atoms with Crippen LogP contribution in [-0.2, 0) is 16.0 Å². The predicted octanol–water partition coefficient (Wildman–Crippen LogP) is 2.01. The van der Waals surface area contributed by atoms with Gasteiger partial charge in [0.15, 0.2) is 0 Å². The number of nitrogens with two attached hydrogens (primary N) is 1. The Kier molecular flexibility index (Phi) is 5.28. The Morgan fingerprint density at radius 1 is 1.50 bits per heavy atom. The quantitative estimate of drug-likeness (QED) is 0.674. The van der Waals surface area contributed by atoms with Crippen LogP contribution in [0.25, 0.3) is 0 Å². The molecule has 18 heavy (non-hydrogen) atoms. The van der Waals surface area contributed by atoms with Crippen molar-refractivity contribution >= 4 is 29.8 Å². The number of ether oxygens (including phenoxy) is 1. The lowest BCUT2D eigenvalue weighted by Gasteiger charge is -2.31. The molecule has 0 saturated heterocycles. The molecule has 0 spiro atoms. The van der Waals surface area contributed by atoms with E-state index in [4.69, 9.17) is 10.5 Å². The second kappa shape index (κ2) is 6.50. The molecular weight excluding hydrogens is 252 g/mol.